The van der Waals surface area contributed by atoms with E-state index in [2.05, 4.69) is 10.3 Å². The van der Waals surface area contributed by atoms with Crippen LogP contribution in [-0.4, -0.2) is 29.9 Å². The normalized spacial score (nSPS) is 21.0. The molecule has 3 aliphatic carbocycles. The van der Waals surface area contributed by atoms with Crippen LogP contribution in [0.4, 0.5) is 0 Å². The van der Waals surface area contributed by atoms with Gasteiger partial charge in [0, 0.05) is 12.7 Å². The Balaban J connectivity index is 1.46. The molecule has 3 saturated carbocycles. The van der Waals surface area contributed by atoms with Gasteiger partial charge in [-0.05, 0) is 67.9 Å². The lowest BCUT2D eigenvalue weighted by Crippen LogP contribution is -2.37. The number of hydrogen-bond donors (Lipinski definition) is 2. The fourth-order valence-corrected chi connectivity index (χ4v) is 4.00. The summed E-state index contributed by atoms with van der Waals surface area (Å²) in [5, 5.41) is 2.85. The summed E-state index contributed by atoms with van der Waals surface area (Å²) in [6.45, 7) is 0.912. The second-order valence-electron chi connectivity index (χ2n) is 8.41. The number of nitrogens with zero attached hydrogens (tertiary/aromatic N) is 1. The number of nitrogens with two attached hydrogens (primary N) is 1. The van der Waals surface area contributed by atoms with Crippen molar-refractivity contribution in [3.8, 4) is 5.75 Å². The first-order chi connectivity index (χ1) is 13.1. The highest BCUT2D eigenvalue weighted by Crippen LogP contribution is 2.37. The highest BCUT2D eigenvalue weighted by atomic mass is 16.5. The van der Waals surface area contributed by atoms with Gasteiger partial charge < -0.3 is 15.8 Å². The van der Waals surface area contributed by atoms with Crippen LogP contribution < -0.4 is 15.8 Å². The molecule has 3 N–H and O–H groups in total. The van der Waals surface area contributed by atoms with Crippen LogP contribution in [0.15, 0.2) is 12.3 Å². The fourth-order valence-electron chi connectivity index (χ4n) is 4.00. The molecule has 3 fully saturated rings. The van der Waals surface area contributed by atoms with Crippen molar-refractivity contribution in [2.45, 2.75) is 57.3 Å². The highest BCUT2D eigenvalue weighted by Gasteiger charge is 2.35. The zero-order valence-corrected chi connectivity index (χ0v) is 15.8. The van der Waals surface area contributed by atoms with E-state index in [0.29, 0.717) is 35.8 Å². The second kappa shape index (κ2) is 7.87. The summed E-state index contributed by atoms with van der Waals surface area (Å²) in [5.41, 5.74) is 6.96. The Kier molecular flexibility index (Phi) is 5.32. The number of carbonyl (C=O) groups excluding carboxylic acids is 2. The number of pyridine rings is 1. The molecule has 0 aliphatic heterocycles. The Morgan fingerprint density at radius 1 is 1.19 bits per heavy atom. The summed E-state index contributed by atoms with van der Waals surface area (Å²) in [6, 6.07) is 2.01. The Morgan fingerprint density at radius 3 is 2.56 bits per heavy atom. The maximum Gasteiger partial charge on any atom is 0.273 e. The lowest BCUT2D eigenvalue weighted by atomic mass is 9.99. The number of aromatic nitrogens is 1. The molecule has 0 unspecified atom stereocenters. The van der Waals surface area contributed by atoms with E-state index in [1.54, 1.807) is 0 Å². The molecule has 0 radical (unpaired) electrons. The van der Waals surface area contributed by atoms with Crippen LogP contribution in [0.25, 0.3) is 0 Å². The molecular formula is C21H29N3O3. The number of primary amides is 1. The van der Waals surface area contributed by atoms with Crippen LogP contribution in [0.3, 0.4) is 0 Å². The molecule has 6 heteroatoms. The minimum absolute atomic E-state index is 0.271. The minimum atomic E-state index is -0.340. The number of amides is 2. The van der Waals surface area contributed by atoms with Gasteiger partial charge in [-0.25, -0.2) is 4.98 Å². The smallest absolute Gasteiger partial charge is 0.273 e. The number of carbonyl (C=O) groups is 2. The molecule has 1 heterocycles. The second-order valence-corrected chi connectivity index (χ2v) is 8.41. The highest BCUT2D eigenvalue weighted by molar-refractivity contribution is 5.95. The Labute approximate surface area is 160 Å². The first kappa shape index (κ1) is 18.3. The summed E-state index contributed by atoms with van der Waals surface area (Å²) in [7, 11) is 0. The number of nitrogens with one attached hydrogen (secondary N) is 1. The van der Waals surface area contributed by atoms with Crippen LogP contribution in [0, 0.1) is 17.8 Å². The number of ether oxygens (including phenoxy) is 1. The summed E-state index contributed by atoms with van der Waals surface area (Å²) in [4.78, 5) is 28.8. The molecule has 4 rings (SSSR count). The van der Waals surface area contributed by atoms with Crippen molar-refractivity contribution < 1.29 is 14.3 Å². The first-order valence-corrected chi connectivity index (χ1v) is 10.3. The maximum atomic E-state index is 12.7. The molecule has 27 heavy (non-hydrogen) atoms. The number of hydrogen-bond acceptors (Lipinski definition) is 4. The Bertz CT molecular complexity index is 707. The molecule has 6 nitrogen and oxygen atoms in total. The third kappa shape index (κ3) is 4.60. The SMILES string of the molecule is NC(=O)[C@H](CNC(=O)c1ncc(C2CCCC2)cc1OCC1CC1)C1CC1. The molecule has 1 atom stereocenters. The largest absolute Gasteiger partial charge is 0.491 e. The summed E-state index contributed by atoms with van der Waals surface area (Å²) in [6.07, 6.45) is 11.1. The third-order valence-electron chi connectivity index (χ3n) is 6.13. The van der Waals surface area contributed by atoms with Crippen LogP contribution in [-0.2, 0) is 4.79 Å². The molecule has 3 aliphatic rings. The van der Waals surface area contributed by atoms with Gasteiger partial charge >= 0.3 is 0 Å². The van der Waals surface area contributed by atoms with Crippen LogP contribution >= 0.6 is 0 Å². The van der Waals surface area contributed by atoms with Gasteiger partial charge in [-0.3, -0.25) is 9.59 Å². The van der Waals surface area contributed by atoms with Crippen molar-refractivity contribution in [1.29, 1.82) is 0 Å². The quantitative estimate of drug-likeness (QED) is 0.698. The van der Waals surface area contributed by atoms with E-state index in [1.165, 1.54) is 44.1 Å². The van der Waals surface area contributed by atoms with E-state index in [4.69, 9.17) is 10.5 Å². The molecule has 2 amide bonds. The Morgan fingerprint density at radius 2 is 1.93 bits per heavy atom. The van der Waals surface area contributed by atoms with Gasteiger partial charge in [-0.15, -0.1) is 0 Å². The van der Waals surface area contributed by atoms with Gasteiger partial charge in [-0.2, -0.15) is 0 Å². The van der Waals surface area contributed by atoms with Gasteiger partial charge in [0.15, 0.2) is 11.4 Å². The predicted molar refractivity (Wildman–Crippen MR) is 101 cm³/mol. The zero-order valence-electron chi connectivity index (χ0n) is 15.8. The van der Waals surface area contributed by atoms with Crippen LogP contribution in [0.1, 0.15) is 73.3 Å². The van der Waals surface area contributed by atoms with Crippen molar-refractivity contribution >= 4 is 11.8 Å². The molecule has 1 aromatic heterocycles. The standard InChI is InChI=1S/C21H29N3O3/c22-20(25)17(15-7-8-15)11-24-21(26)19-18(27-12-13-5-6-13)9-16(10-23-19)14-3-1-2-4-14/h9-10,13-15,17H,1-8,11-12H2,(H2,22,25)(H,24,26)/t17-/m1/s1. The Hall–Kier alpha value is -2.11. The van der Waals surface area contributed by atoms with Crippen molar-refractivity contribution in [1.82, 2.24) is 10.3 Å². The summed E-state index contributed by atoms with van der Waals surface area (Å²) < 4.78 is 5.98. The molecule has 0 aromatic carbocycles. The summed E-state index contributed by atoms with van der Waals surface area (Å²) in [5.74, 6) is 1.09. The van der Waals surface area contributed by atoms with E-state index < -0.39 is 0 Å². The summed E-state index contributed by atoms with van der Waals surface area (Å²) >= 11 is 0. The van der Waals surface area contributed by atoms with Gasteiger partial charge in [0.1, 0.15) is 0 Å². The van der Waals surface area contributed by atoms with Crippen LogP contribution in [0.2, 0.25) is 0 Å². The van der Waals surface area contributed by atoms with Crippen molar-refractivity contribution in [3.63, 3.8) is 0 Å². The van der Waals surface area contributed by atoms with Crippen LogP contribution in [0.5, 0.6) is 5.75 Å². The van der Waals surface area contributed by atoms with Crippen molar-refractivity contribution in [3.05, 3.63) is 23.5 Å². The molecular weight excluding hydrogens is 342 g/mol. The number of rotatable bonds is 9. The molecule has 1 aromatic rings. The molecule has 0 saturated heterocycles. The van der Waals surface area contributed by atoms with Gasteiger partial charge in [-0.1, -0.05) is 12.8 Å². The predicted octanol–water partition coefficient (Wildman–Crippen LogP) is 2.77. The van der Waals surface area contributed by atoms with E-state index >= 15 is 0 Å². The lowest BCUT2D eigenvalue weighted by Gasteiger charge is -2.16. The maximum absolute atomic E-state index is 12.7. The lowest BCUT2D eigenvalue weighted by molar-refractivity contribution is -0.122. The van der Waals surface area contributed by atoms with Gasteiger partial charge in [0.2, 0.25) is 5.91 Å². The van der Waals surface area contributed by atoms with E-state index in [9.17, 15) is 9.59 Å². The average Bonchev–Trinajstić information content (AvgIpc) is 3.59. The first-order valence-electron chi connectivity index (χ1n) is 10.3. The van der Waals surface area contributed by atoms with Gasteiger partial charge in [0.05, 0.1) is 12.5 Å². The molecule has 0 bridgehead atoms. The van der Waals surface area contributed by atoms with E-state index in [1.807, 2.05) is 12.3 Å². The fraction of sp³-hybridized carbons (Fsp3) is 0.667. The van der Waals surface area contributed by atoms with E-state index in [-0.39, 0.29) is 24.3 Å². The monoisotopic (exact) mass is 371 g/mol. The van der Waals surface area contributed by atoms with Gasteiger partial charge in [0.25, 0.3) is 5.91 Å². The van der Waals surface area contributed by atoms with E-state index in [0.717, 1.165) is 12.8 Å². The topological polar surface area (TPSA) is 94.3 Å². The van der Waals surface area contributed by atoms with Crippen molar-refractivity contribution in [2.24, 2.45) is 23.5 Å². The molecule has 146 valence electrons. The average molecular weight is 371 g/mol. The minimum Gasteiger partial charge on any atom is -0.491 e. The molecule has 0 spiro atoms. The van der Waals surface area contributed by atoms with Crippen molar-refractivity contribution in [2.75, 3.05) is 13.2 Å². The third-order valence-corrected chi connectivity index (χ3v) is 6.13. The zero-order chi connectivity index (χ0) is 18.8.